The molecule has 1 atom stereocenters. The van der Waals surface area contributed by atoms with Gasteiger partial charge in [0.15, 0.2) is 0 Å². The van der Waals surface area contributed by atoms with E-state index in [1.807, 2.05) is 60.7 Å². The van der Waals surface area contributed by atoms with Crippen LogP contribution in [-0.2, 0) is 41.9 Å². The van der Waals surface area contributed by atoms with E-state index >= 15 is 0 Å². The summed E-state index contributed by atoms with van der Waals surface area (Å²) in [5.74, 6) is -1.23. The summed E-state index contributed by atoms with van der Waals surface area (Å²) in [5, 5.41) is 8.41. The molecule has 0 aliphatic carbocycles. The Bertz CT molecular complexity index is 1150. The van der Waals surface area contributed by atoms with Gasteiger partial charge in [-0.1, -0.05) is 84.4 Å². The number of carbonyl (C=O) groups excluding carboxylic acids is 3. The van der Waals surface area contributed by atoms with Crippen molar-refractivity contribution in [3.8, 4) is 0 Å². The van der Waals surface area contributed by atoms with E-state index in [1.54, 1.807) is 12.1 Å². The molecular formula is C29H29ClO8. The highest BCUT2D eigenvalue weighted by Gasteiger charge is 2.26. The van der Waals surface area contributed by atoms with Crippen molar-refractivity contribution in [3.63, 3.8) is 0 Å². The highest BCUT2D eigenvalue weighted by molar-refractivity contribution is 6.30. The average Bonchev–Trinajstić information content (AvgIpc) is 3.76. The maximum absolute atomic E-state index is 11.2. The summed E-state index contributed by atoms with van der Waals surface area (Å²) < 4.78 is 14.9. The van der Waals surface area contributed by atoms with Crippen LogP contribution in [0.1, 0.15) is 34.3 Å². The lowest BCUT2D eigenvalue weighted by Crippen LogP contribution is -2.07. The molecule has 8 nitrogen and oxygen atoms in total. The summed E-state index contributed by atoms with van der Waals surface area (Å²) in [6, 6.07) is 25.3. The molecule has 38 heavy (non-hydrogen) atoms. The van der Waals surface area contributed by atoms with E-state index in [-0.39, 0.29) is 30.0 Å². The van der Waals surface area contributed by atoms with Gasteiger partial charge in [-0.15, -0.1) is 6.58 Å². The quantitative estimate of drug-likeness (QED) is 0.0905. The number of benzene rings is 3. The second kappa shape index (κ2) is 17.5. The van der Waals surface area contributed by atoms with Crippen molar-refractivity contribution in [2.24, 2.45) is 0 Å². The Morgan fingerprint density at radius 3 is 1.92 bits per heavy atom. The van der Waals surface area contributed by atoms with Gasteiger partial charge in [0.05, 0.1) is 31.1 Å². The molecule has 4 rings (SSSR count). The fourth-order valence-electron chi connectivity index (χ4n) is 2.75. The summed E-state index contributed by atoms with van der Waals surface area (Å²) in [6.07, 6.45) is 2.30. The van der Waals surface area contributed by atoms with Crippen molar-refractivity contribution in [2.75, 3.05) is 6.61 Å². The molecule has 1 aliphatic rings. The number of hydrogen-bond donors (Lipinski definition) is 1. The smallest absolute Gasteiger partial charge is 0.372 e. The van der Waals surface area contributed by atoms with Crippen LogP contribution in [0.25, 0.3) is 0 Å². The molecule has 3 aromatic carbocycles. The summed E-state index contributed by atoms with van der Waals surface area (Å²) in [6.45, 7) is 4.84. The SMILES string of the molecule is C=CCC(=O)OCc1ccccc1.O=C(CC1CO1)OCc1ccccc1.O=C(OO)c1cccc(Cl)c1. The van der Waals surface area contributed by atoms with Gasteiger partial charge in [0.1, 0.15) is 13.2 Å². The van der Waals surface area contributed by atoms with Crippen LogP contribution in [0.4, 0.5) is 0 Å². The van der Waals surface area contributed by atoms with Crippen molar-refractivity contribution in [3.05, 3.63) is 119 Å². The number of halogens is 1. The van der Waals surface area contributed by atoms with Crippen molar-refractivity contribution in [1.82, 2.24) is 0 Å². The van der Waals surface area contributed by atoms with Gasteiger partial charge in [-0.25, -0.2) is 4.79 Å². The molecule has 3 aromatic rings. The minimum atomic E-state index is -0.813. The van der Waals surface area contributed by atoms with Gasteiger partial charge in [0, 0.05) is 5.02 Å². The van der Waals surface area contributed by atoms with Crippen LogP contribution in [-0.4, -0.2) is 35.9 Å². The predicted octanol–water partition coefficient (Wildman–Crippen LogP) is 5.79. The summed E-state index contributed by atoms with van der Waals surface area (Å²) in [5.41, 5.74) is 2.23. The van der Waals surface area contributed by atoms with Gasteiger partial charge < -0.3 is 14.2 Å². The first-order valence-corrected chi connectivity index (χ1v) is 12.0. The lowest BCUT2D eigenvalue weighted by Gasteiger charge is -2.02. The molecule has 0 aromatic heterocycles. The van der Waals surface area contributed by atoms with Gasteiger partial charge in [-0.3, -0.25) is 14.5 Å². The van der Waals surface area contributed by atoms with E-state index < -0.39 is 5.97 Å². The molecule has 9 heteroatoms. The Morgan fingerprint density at radius 1 is 0.895 bits per heavy atom. The summed E-state index contributed by atoms with van der Waals surface area (Å²) >= 11 is 5.56. The Labute approximate surface area is 226 Å². The number of esters is 2. The molecule has 1 N–H and O–H groups in total. The van der Waals surface area contributed by atoms with E-state index in [2.05, 4.69) is 11.5 Å². The number of ether oxygens (including phenoxy) is 3. The minimum Gasteiger partial charge on any atom is -0.461 e. The first-order chi connectivity index (χ1) is 18.4. The topological polar surface area (TPSA) is 112 Å². The number of epoxide rings is 1. The largest absolute Gasteiger partial charge is 0.461 e. The number of carbonyl (C=O) groups is 3. The maximum atomic E-state index is 11.2. The first-order valence-electron chi connectivity index (χ1n) is 11.6. The van der Waals surface area contributed by atoms with E-state index in [0.29, 0.717) is 31.3 Å². The molecule has 1 heterocycles. The van der Waals surface area contributed by atoms with Crippen LogP contribution >= 0.6 is 11.6 Å². The third kappa shape index (κ3) is 13.4. The standard InChI is InChI=1S/C11H12O3.C11H12O2.C7H5ClO3/c12-11(6-10-8-13-10)14-7-9-4-2-1-3-5-9;1-2-6-11(12)13-9-10-7-4-3-5-8-10;8-6-3-1-2-5(4-6)7(9)11-10/h1-5,10H,6-8H2;2-5,7-8H,1,6,9H2;1-4,10H. The number of rotatable bonds is 9. The van der Waals surface area contributed by atoms with Crippen molar-refractivity contribution < 1.29 is 38.7 Å². The van der Waals surface area contributed by atoms with Crippen molar-refractivity contribution in [2.45, 2.75) is 32.2 Å². The van der Waals surface area contributed by atoms with E-state index in [1.165, 1.54) is 18.2 Å². The molecule has 0 radical (unpaired) electrons. The maximum Gasteiger partial charge on any atom is 0.372 e. The van der Waals surface area contributed by atoms with E-state index in [0.717, 1.165) is 11.1 Å². The molecule has 200 valence electrons. The van der Waals surface area contributed by atoms with Gasteiger partial charge in [-0.2, -0.15) is 5.26 Å². The zero-order valence-corrected chi connectivity index (χ0v) is 21.4. The Balaban J connectivity index is 0.000000202. The highest BCUT2D eigenvalue weighted by atomic mass is 35.5. The molecule has 0 amide bonds. The predicted molar refractivity (Wildman–Crippen MR) is 141 cm³/mol. The molecule has 1 unspecified atom stereocenters. The molecule has 1 saturated heterocycles. The first kappa shape index (κ1) is 30.2. The van der Waals surface area contributed by atoms with Crippen LogP contribution in [0.15, 0.2) is 97.6 Å². The second-order valence-corrected chi connectivity index (χ2v) is 8.27. The van der Waals surface area contributed by atoms with Crippen LogP contribution in [0.2, 0.25) is 5.02 Å². The summed E-state index contributed by atoms with van der Waals surface area (Å²) in [7, 11) is 0. The molecule has 1 fully saturated rings. The van der Waals surface area contributed by atoms with Gasteiger partial charge in [-0.05, 0) is 29.3 Å². The fraction of sp³-hybridized carbons (Fsp3) is 0.207. The minimum absolute atomic E-state index is 0.110. The average molecular weight is 541 g/mol. The fourth-order valence-corrected chi connectivity index (χ4v) is 2.94. The highest BCUT2D eigenvalue weighted by Crippen LogP contribution is 2.14. The molecule has 1 aliphatic heterocycles. The molecule has 0 bridgehead atoms. The van der Waals surface area contributed by atoms with Crippen LogP contribution in [0.5, 0.6) is 0 Å². The summed E-state index contributed by atoms with van der Waals surface area (Å²) in [4.78, 5) is 36.2. The van der Waals surface area contributed by atoms with Crippen LogP contribution < -0.4 is 0 Å². The van der Waals surface area contributed by atoms with Gasteiger partial charge in [0.25, 0.3) is 0 Å². The van der Waals surface area contributed by atoms with Gasteiger partial charge in [0.2, 0.25) is 0 Å². The Hall–Kier alpha value is -3.98. The normalized spacial score (nSPS) is 12.8. The third-order valence-corrected chi connectivity index (χ3v) is 4.97. The molecule has 0 spiro atoms. The van der Waals surface area contributed by atoms with Crippen LogP contribution in [0, 0.1) is 0 Å². The monoisotopic (exact) mass is 540 g/mol. The lowest BCUT2D eigenvalue weighted by molar-refractivity contribution is -0.182. The van der Waals surface area contributed by atoms with Crippen LogP contribution in [0.3, 0.4) is 0 Å². The molecular weight excluding hydrogens is 512 g/mol. The van der Waals surface area contributed by atoms with E-state index in [9.17, 15) is 14.4 Å². The Kier molecular flexibility index (Phi) is 13.9. The zero-order chi connectivity index (χ0) is 27.6. The third-order valence-electron chi connectivity index (χ3n) is 4.74. The zero-order valence-electron chi connectivity index (χ0n) is 20.7. The molecule has 0 saturated carbocycles. The van der Waals surface area contributed by atoms with E-state index in [4.69, 9.17) is 31.1 Å². The van der Waals surface area contributed by atoms with Crippen molar-refractivity contribution >= 4 is 29.5 Å². The van der Waals surface area contributed by atoms with Crippen molar-refractivity contribution in [1.29, 1.82) is 0 Å². The second-order valence-electron chi connectivity index (χ2n) is 7.83. The number of hydrogen-bond acceptors (Lipinski definition) is 8. The van der Waals surface area contributed by atoms with Gasteiger partial charge >= 0.3 is 17.9 Å². The Morgan fingerprint density at radius 2 is 1.45 bits per heavy atom. The lowest BCUT2D eigenvalue weighted by atomic mass is 10.2.